The highest BCUT2D eigenvalue weighted by Gasteiger charge is 2.40. The van der Waals surface area contributed by atoms with Crippen LogP contribution in [0.4, 0.5) is 0 Å². The predicted octanol–water partition coefficient (Wildman–Crippen LogP) is -1.33. The lowest BCUT2D eigenvalue weighted by Gasteiger charge is -2.16. The molecule has 1 fully saturated rings. The molecule has 1 aliphatic rings. The molecule has 1 saturated heterocycles. The van der Waals surface area contributed by atoms with Crippen LogP contribution in [0.2, 0.25) is 0 Å². The average Bonchev–Trinajstić information content (AvgIpc) is 2.21. The van der Waals surface area contributed by atoms with Crippen LogP contribution >= 0.6 is 0 Å². The van der Waals surface area contributed by atoms with E-state index >= 15 is 0 Å². The topological polar surface area (TPSA) is 102 Å². The Morgan fingerprint density at radius 1 is 1.73 bits per heavy atom. The summed E-state index contributed by atoms with van der Waals surface area (Å²) in [7, 11) is 0. The van der Waals surface area contributed by atoms with E-state index in [4.69, 9.17) is 16.0 Å². The lowest BCUT2D eigenvalue weighted by atomic mass is 9.88. The van der Waals surface area contributed by atoms with Gasteiger partial charge in [0.1, 0.15) is 6.04 Å². The van der Waals surface area contributed by atoms with Gasteiger partial charge in [-0.3, -0.25) is 4.79 Å². The molecule has 1 atom stereocenters. The first-order chi connectivity index (χ1) is 5.04. The van der Waals surface area contributed by atoms with E-state index in [1.165, 1.54) is 0 Å². The van der Waals surface area contributed by atoms with Gasteiger partial charge in [-0.2, -0.15) is 5.53 Å². The highest BCUT2D eigenvalue weighted by molar-refractivity contribution is 5.78. The lowest BCUT2D eigenvalue weighted by molar-refractivity contribution is -0.249. The Morgan fingerprint density at radius 3 is 2.27 bits per heavy atom. The van der Waals surface area contributed by atoms with Crippen molar-refractivity contribution in [2.24, 2.45) is 11.1 Å². The van der Waals surface area contributed by atoms with Gasteiger partial charge in [-0.15, -0.1) is 0 Å². The molecule has 1 aliphatic heterocycles. The Labute approximate surface area is 65.2 Å². The van der Waals surface area contributed by atoms with Crippen molar-refractivity contribution in [3.05, 3.63) is 0 Å². The zero-order valence-electron chi connectivity index (χ0n) is 6.76. The Hall–Kier alpha value is -0.970. The lowest BCUT2D eigenvalue weighted by Crippen LogP contribution is -2.38. The summed E-state index contributed by atoms with van der Waals surface area (Å²) in [6, 6.07) is -0.433. The summed E-state index contributed by atoms with van der Waals surface area (Å²) in [6.07, 6.45) is 0. The summed E-state index contributed by atoms with van der Waals surface area (Å²) in [6.45, 7) is 4.29. The van der Waals surface area contributed by atoms with Gasteiger partial charge in [-0.05, 0) is 0 Å². The number of ether oxygens (including phenoxy) is 1. The fourth-order valence-corrected chi connectivity index (χ4v) is 0.756. The van der Waals surface area contributed by atoms with Gasteiger partial charge in [0, 0.05) is 5.41 Å². The molecule has 0 aromatic rings. The molecule has 0 aromatic carbocycles. The number of rotatable bonds is 0. The number of esters is 1. The summed E-state index contributed by atoms with van der Waals surface area (Å²) < 4.78 is 4.72. The normalized spacial score (nSPS) is 26.8. The number of hydrogen-bond donors (Lipinski definition) is 3. The molecule has 0 spiro atoms. The molecule has 0 saturated carbocycles. The van der Waals surface area contributed by atoms with Gasteiger partial charge < -0.3 is 10.5 Å². The quantitative estimate of drug-likeness (QED) is 0.302. The molecule has 0 amide bonds. The van der Waals surface area contributed by atoms with Gasteiger partial charge in [0.15, 0.2) is 0 Å². The third kappa shape index (κ3) is 1.98. The van der Waals surface area contributed by atoms with Crippen LogP contribution in [0.5, 0.6) is 0 Å². The van der Waals surface area contributed by atoms with Gasteiger partial charge in [-0.25, -0.2) is 0 Å². The number of nitrogens with two attached hydrogens (primary N) is 2. The van der Waals surface area contributed by atoms with E-state index in [0.29, 0.717) is 6.61 Å². The maximum absolute atomic E-state index is 10.6. The van der Waals surface area contributed by atoms with Crippen molar-refractivity contribution in [3.63, 3.8) is 0 Å². The van der Waals surface area contributed by atoms with E-state index in [-0.39, 0.29) is 11.4 Å². The largest absolute Gasteiger partial charge is 0.464 e. The van der Waals surface area contributed by atoms with Crippen molar-refractivity contribution in [1.29, 1.82) is 5.53 Å². The number of nitrogens with one attached hydrogen (secondary N) is 1. The zero-order chi connectivity index (χ0) is 9.07. The van der Waals surface area contributed by atoms with E-state index in [1.807, 2.05) is 13.8 Å². The molecule has 0 bridgehead atoms. The van der Waals surface area contributed by atoms with Gasteiger partial charge in [-0.1, -0.05) is 19.4 Å². The fourth-order valence-electron chi connectivity index (χ4n) is 0.756. The molecular formula is C6H14N3O2+. The molecule has 11 heavy (non-hydrogen) atoms. The van der Waals surface area contributed by atoms with Crippen molar-refractivity contribution in [3.8, 4) is 0 Å². The zero-order valence-corrected chi connectivity index (χ0v) is 6.76. The summed E-state index contributed by atoms with van der Waals surface area (Å²) in [4.78, 5) is 10.6. The molecule has 1 heterocycles. The minimum atomic E-state index is -0.433. The third-order valence-electron chi connectivity index (χ3n) is 1.68. The first-order valence-corrected chi connectivity index (χ1v) is 3.25. The Balaban J connectivity index is 0.000000461. The Kier molecular flexibility index (Phi) is 3.13. The molecule has 0 radical (unpaired) electrons. The van der Waals surface area contributed by atoms with Crippen LogP contribution in [-0.2, 0) is 9.53 Å². The third-order valence-corrected chi connectivity index (χ3v) is 1.68. The highest BCUT2D eigenvalue weighted by Crippen LogP contribution is 2.26. The van der Waals surface area contributed by atoms with E-state index in [0.717, 1.165) is 0 Å². The van der Waals surface area contributed by atoms with Crippen molar-refractivity contribution in [2.75, 3.05) is 6.61 Å². The molecule has 5 N–H and O–H groups in total. The van der Waals surface area contributed by atoms with Crippen molar-refractivity contribution in [2.45, 2.75) is 19.9 Å². The first kappa shape index (κ1) is 10.0. The number of carbonyl (C=O) groups excluding carboxylic acids is 1. The highest BCUT2D eigenvalue weighted by atomic mass is 16.5. The van der Waals surface area contributed by atoms with Gasteiger partial charge >= 0.3 is 5.97 Å². The van der Waals surface area contributed by atoms with E-state index < -0.39 is 6.04 Å². The Morgan fingerprint density at radius 2 is 2.18 bits per heavy atom. The van der Waals surface area contributed by atoms with E-state index in [1.54, 1.807) is 0 Å². The standard InChI is InChI=1S/C6H11NO2.H2N2/c1-6(2)3-9-5(8)4(6)7;1-2/h4H,3,7H2,1-2H3;1-2H/p+1/t4-;/m1./s1. The number of carbonyl (C=O) groups is 1. The second-order valence-electron chi connectivity index (χ2n) is 3.07. The second-order valence-corrected chi connectivity index (χ2v) is 3.07. The number of hydrogen-bond acceptors (Lipinski definition) is 4. The average molecular weight is 160 g/mol. The van der Waals surface area contributed by atoms with Crippen molar-refractivity contribution in [1.82, 2.24) is 0 Å². The maximum Gasteiger partial charge on any atom is 0.323 e. The molecule has 0 aliphatic carbocycles. The number of cyclic esters (lactones) is 1. The smallest absolute Gasteiger partial charge is 0.323 e. The van der Waals surface area contributed by atoms with Crippen molar-refractivity contribution < 1.29 is 15.1 Å². The maximum atomic E-state index is 10.6. The fraction of sp³-hybridized carbons (Fsp3) is 0.833. The van der Waals surface area contributed by atoms with Crippen LogP contribution in [0, 0.1) is 10.9 Å². The predicted molar refractivity (Wildman–Crippen MR) is 37.4 cm³/mol. The molecule has 5 heteroatoms. The molecular weight excluding hydrogens is 146 g/mol. The Bertz CT molecular complexity index is 158. The van der Waals surface area contributed by atoms with E-state index in [9.17, 15) is 4.79 Å². The summed E-state index contributed by atoms with van der Waals surface area (Å²) in [5.74, 6) is -0.278. The van der Waals surface area contributed by atoms with Crippen LogP contribution < -0.4 is 11.3 Å². The molecule has 0 unspecified atom stereocenters. The van der Waals surface area contributed by atoms with Crippen LogP contribution in [0.25, 0.3) is 0 Å². The molecule has 0 aromatic heterocycles. The van der Waals surface area contributed by atoms with Gasteiger partial charge in [0.05, 0.1) is 6.61 Å². The van der Waals surface area contributed by atoms with Crippen molar-refractivity contribution >= 4 is 5.97 Å². The summed E-state index contributed by atoms with van der Waals surface area (Å²) >= 11 is 0. The summed E-state index contributed by atoms with van der Waals surface area (Å²) in [5, 5.41) is 0. The van der Waals surface area contributed by atoms with E-state index in [2.05, 4.69) is 5.53 Å². The first-order valence-electron chi connectivity index (χ1n) is 3.25. The minimum absolute atomic E-state index is 0.170. The van der Waals surface area contributed by atoms with Crippen LogP contribution in [-0.4, -0.2) is 18.6 Å². The monoisotopic (exact) mass is 160 g/mol. The second kappa shape index (κ2) is 3.43. The van der Waals surface area contributed by atoms with Crippen LogP contribution in [0.3, 0.4) is 0 Å². The van der Waals surface area contributed by atoms with Gasteiger partial charge in [0.25, 0.3) is 0 Å². The molecule has 5 nitrogen and oxygen atoms in total. The SMILES string of the molecule is CC1(C)COC(=O)[C@H]1N.N=[NH2+]. The molecule has 64 valence electrons. The van der Waals surface area contributed by atoms with Crippen LogP contribution in [0.15, 0.2) is 0 Å². The van der Waals surface area contributed by atoms with Crippen LogP contribution in [0.1, 0.15) is 13.8 Å². The molecule has 1 rings (SSSR count). The van der Waals surface area contributed by atoms with Gasteiger partial charge in [0.2, 0.25) is 0 Å². The summed E-state index contributed by atoms with van der Waals surface area (Å²) in [5.41, 5.74) is 14.3. The minimum Gasteiger partial charge on any atom is -0.464 e.